The summed E-state index contributed by atoms with van der Waals surface area (Å²) < 4.78 is 2.35. The highest BCUT2D eigenvalue weighted by atomic mass is 32.1. The first kappa shape index (κ1) is 15.9. The molecule has 1 saturated carbocycles. The number of carbonyl (C=O) groups is 1. The molecule has 0 bridgehead atoms. The van der Waals surface area contributed by atoms with Gasteiger partial charge in [0.2, 0.25) is 5.91 Å². The largest absolute Gasteiger partial charge is 0.342 e. The van der Waals surface area contributed by atoms with Crippen LogP contribution >= 0.6 is 11.3 Å². The summed E-state index contributed by atoms with van der Waals surface area (Å²) in [5.74, 6) is 2.67. The smallest absolute Gasteiger partial charge is 0.227 e. The van der Waals surface area contributed by atoms with E-state index < -0.39 is 0 Å². The molecule has 2 aromatic heterocycles. The summed E-state index contributed by atoms with van der Waals surface area (Å²) in [4.78, 5) is 19.3. The van der Waals surface area contributed by atoms with E-state index in [4.69, 9.17) is 0 Å². The number of thiophene rings is 1. The van der Waals surface area contributed by atoms with Gasteiger partial charge in [-0.2, -0.15) is 11.3 Å². The van der Waals surface area contributed by atoms with Gasteiger partial charge in [-0.25, -0.2) is 4.98 Å². The minimum Gasteiger partial charge on any atom is -0.342 e. The van der Waals surface area contributed by atoms with Crippen LogP contribution in [-0.2, 0) is 17.8 Å². The molecule has 0 radical (unpaired) electrons. The zero-order chi connectivity index (χ0) is 16.4. The Kier molecular flexibility index (Phi) is 4.69. The first-order valence-corrected chi connectivity index (χ1v) is 10.0. The molecule has 4 nitrogen and oxygen atoms in total. The van der Waals surface area contributed by atoms with Crippen LogP contribution in [0.2, 0.25) is 0 Å². The number of amides is 1. The summed E-state index contributed by atoms with van der Waals surface area (Å²) in [7, 11) is 0. The standard InChI is InChI=1S/C19H25N3OS/c23-18(11-16-6-10-24-14-16)21-8-2-5-17(13-21)19-20-7-9-22(19)12-15-3-1-4-15/h6-7,9-10,14-15,17H,1-5,8,11-13H2/t17-/m1/s1. The number of carbonyl (C=O) groups excluding carboxylic acids is 1. The maximum absolute atomic E-state index is 12.6. The molecule has 1 aliphatic heterocycles. The Hall–Kier alpha value is -1.62. The molecule has 0 spiro atoms. The second-order valence-electron chi connectivity index (χ2n) is 7.22. The molecular formula is C19H25N3OS. The van der Waals surface area contributed by atoms with Crippen LogP contribution in [0.15, 0.2) is 29.2 Å². The highest BCUT2D eigenvalue weighted by Crippen LogP contribution is 2.31. The average Bonchev–Trinajstić information content (AvgIpc) is 3.22. The van der Waals surface area contributed by atoms with Crippen molar-refractivity contribution >= 4 is 17.2 Å². The Labute approximate surface area is 147 Å². The van der Waals surface area contributed by atoms with Gasteiger partial charge in [-0.15, -0.1) is 0 Å². The van der Waals surface area contributed by atoms with Crippen molar-refractivity contribution in [3.05, 3.63) is 40.6 Å². The fourth-order valence-electron chi connectivity index (χ4n) is 3.88. The monoisotopic (exact) mass is 343 g/mol. The van der Waals surface area contributed by atoms with Gasteiger partial charge < -0.3 is 9.47 Å². The first-order valence-electron chi connectivity index (χ1n) is 9.09. The lowest BCUT2D eigenvalue weighted by molar-refractivity contribution is -0.131. The maximum atomic E-state index is 12.6. The van der Waals surface area contributed by atoms with Crippen molar-refractivity contribution in [2.75, 3.05) is 13.1 Å². The third-order valence-electron chi connectivity index (χ3n) is 5.50. The Bertz CT molecular complexity index is 675. The summed E-state index contributed by atoms with van der Waals surface area (Å²) in [5, 5.41) is 4.11. The van der Waals surface area contributed by atoms with Crippen LogP contribution in [0.4, 0.5) is 0 Å². The first-order chi connectivity index (χ1) is 11.8. The molecule has 2 aliphatic rings. The van der Waals surface area contributed by atoms with Gasteiger partial charge in [0, 0.05) is 37.9 Å². The molecule has 3 heterocycles. The van der Waals surface area contributed by atoms with Gasteiger partial charge in [0.25, 0.3) is 0 Å². The summed E-state index contributed by atoms with van der Waals surface area (Å²) >= 11 is 1.66. The number of piperidine rings is 1. The van der Waals surface area contributed by atoms with Crippen molar-refractivity contribution in [3.8, 4) is 0 Å². The van der Waals surface area contributed by atoms with Gasteiger partial charge in [0.15, 0.2) is 0 Å². The summed E-state index contributed by atoms with van der Waals surface area (Å²) in [6.45, 7) is 2.82. The van der Waals surface area contributed by atoms with Crippen LogP contribution in [0.5, 0.6) is 0 Å². The van der Waals surface area contributed by atoms with Gasteiger partial charge in [0.1, 0.15) is 5.82 Å². The third-order valence-corrected chi connectivity index (χ3v) is 6.23. The number of rotatable bonds is 5. The van der Waals surface area contributed by atoms with Crippen molar-refractivity contribution < 1.29 is 4.79 Å². The van der Waals surface area contributed by atoms with Gasteiger partial charge >= 0.3 is 0 Å². The number of imidazole rings is 1. The third kappa shape index (κ3) is 3.41. The molecule has 0 N–H and O–H groups in total. The van der Waals surface area contributed by atoms with Crippen molar-refractivity contribution in [2.24, 2.45) is 5.92 Å². The molecule has 128 valence electrons. The van der Waals surface area contributed by atoms with E-state index in [9.17, 15) is 4.79 Å². The van der Waals surface area contributed by atoms with Gasteiger partial charge in [-0.05, 0) is 54.0 Å². The SMILES string of the molecule is O=C(Cc1ccsc1)N1CCC[C@@H](c2nccn2CC2CCC2)C1. The predicted octanol–water partition coefficient (Wildman–Crippen LogP) is 3.69. The lowest BCUT2D eigenvalue weighted by atomic mass is 9.85. The van der Waals surface area contributed by atoms with Crippen LogP contribution < -0.4 is 0 Å². The van der Waals surface area contributed by atoms with Crippen LogP contribution in [0, 0.1) is 5.92 Å². The quantitative estimate of drug-likeness (QED) is 0.830. The van der Waals surface area contributed by atoms with Crippen molar-refractivity contribution in [2.45, 2.75) is 51.0 Å². The van der Waals surface area contributed by atoms with Crippen molar-refractivity contribution in [1.82, 2.24) is 14.5 Å². The van der Waals surface area contributed by atoms with E-state index in [-0.39, 0.29) is 5.91 Å². The molecule has 1 amide bonds. The second-order valence-corrected chi connectivity index (χ2v) is 8.00. The molecule has 5 heteroatoms. The molecule has 1 saturated heterocycles. The molecule has 0 unspecified atom stereocenters. The predicted molar refractivity (Wildman–Crippen MR) is 96.1 cm³/mol. The van der Waals surface area contributed by atoms with Crippen LogP contribution in [0.25, 0.3) is 0 Å². The van der Waals surface area contributed by atoms with Crippen LogP contribution in [-0.4, -0.2) is 33.4 Å². The summed E-state index contributed by atoms with van der Waals surface area (Å²) in [6.07, 6.45) is 10.9. The molecule has 4 rings (SSSR count). The fourth-order valence-corrected chi connectivity index (χ4v) is 4.55. The molecule has 1 aliphatic carbocycles. The molecule has 1 atom stereocenters. The normalized spacial score (nSPS) is 21.7. The topological polar surface area (TPSA) is 38.1 Å². The van der Waals surface area contributed by atoms with E-state index in [0.29, 0.717) is 12.3 Å². The Morgan fingerprint density at radius 3 is 2.96 bits per heavy atom. The average molecular weight is 343 g/mol. The molecular weight excluding hydrogens is 318 g/mol. The van der Waals surface area contributed by atoms with E-state index in [1.165, 1.54) is 25.1 Å². The number of aromatic nitrogens is 2. The lowest BCUT2D eigenvalue weighted by Crippen LogP contribution is -2.40. The number of hydrogen-bond acceptors (Lipinski definition) is 3. The van der Waals surface area contributed by atoms with Crippen molar-refractivity contribution in [1.29, 1.82) is 0 Å². The van der Waals surface area contributed by atoms with Gasteiger partial charge in [0.05, 0.1) is 6.42 Å². The second kappa shape index (κ2) is 7.09. The van der Waals surface area contributed by atoms with E-state index in [2.05, 4.69) is 27.2 Å². The van der Waals surface area contributed by atoms with Crippen LogP contribution in [0.1, 0.15) is 49.4 Å². The van der Waals surface area contributed by atoms with E-state index in [1.54, 1.807) is 11.3 Å². The Morgan fingerprint density at radius 1 is 1.29 bits per heavy atom. The highest BCUT2D eigenvalue weighted by Gasteiger charge is 2.28. The minimum atomic E-state index is 0.259. The van der Waals surface area contributed by atoms with Crippen LogP contribution in [0.3, 0.4) is 0 Å². The number of likely N-dealkylation sites (tertiary alicyclic amines) is 1. The Balaban J connectivity index is 1.41. The zero-order valence-electron chi connectivity index (χ0n) is 14.1. The number of hydrogen-bond donors (Lipinski definition) is 0. The van der Waals surface area contributed by atoms with E-state index in [1.807, 2.05) is 16.5 Å². The number of nitrogens with zero attached hydrogens (tertiary/aromatic N) is 3. The van der Waals surface area contributed by atoms with Gasteiger partial charge in [-0.1, -0.05) is 6.42 Å². The molecule has 0 aromatic carbocycles. The molecule has 2 fully saturated rings. The summed E-state index contributed by atoms with van der Waals surface area (Å²) in [5.41, 5.74) is 1.14. The van der Waals surface area contributed by atoms with E-state index in [0.717, 1.165) is 44.0 Å². The van der Waals surface area contributed by atoms with Gasteiger partial charge in [-0.3, -0.25) is 4.79 Å². The van der Waals surface area contributed by atoms with Crippen molar-refractivity contribution in [3.63, 3.8) is 0 Å². The minimum absolute atomic E-state index is 0.259. The maximum Gasteiger partial charge on any atom is 0.227 e. The fraction of sp³-hybridized carbons (Fsp3) is 0.579. The van der Waals surface area contributed by atoms with E-state index >= 15 is 0 Å². The highest BCUT2D eigenvalue weighted by molar-refractivity contribution is 7.07. The molecule has 24 heavy (non-hydrogen) atoms. The summed E-state index contributed by atoms with van der Waals surface area (Å²) in [6, 6.07) is 2.05. The Morgan fingerprint density at radius 2 is 2.21 bits per heavy atom. The zero-order valence-corrected chi connectivity index (χ0v) is 14.9. The lowest BCUT2D eigenvalue weighted by Gasteiger charge is -2.33. The molecule has 2 aromatic rings.